The lowest BCUT2D eigenvalue weighted by Gasteiger charge is -2.18. The van der Waals surface area contributed by atoms with Crippen molar-refractivity contribution in [3.8, 4) is 11.1 Å². The van der Waals surface area contributed by atoms with E-state index in [1.807, 2.05) is 31.2 Å². The fraction of sp³-hybridized carbons (Fsp3) is 0.464. The Morgan fingerprint density at radius 1 is 1.03 bits per heavy atom. The van der Waals surface area contributed by atoms with Crippen LogP contribution in [-0.4, -0.2) is 41.8 Å². The van der Waals surface area contributed by atoms with Crippen molar-refractivity contribution in [1.29, 1.82) is 0 Å². The Morgan fingerprint density at radius 2 is 1.69 bits per heavy atom. The van der Waals surface area contributed by atoms with Crippen LogP contribution in [0.5, 0.6) is 0 Å². The van der Waals surface area contributed by atoms with Gasteiger partial charge in [0.25, 0.3) is 0 Å². The second-order valence-corrected chi connectivity index (χ2v) is 9.66. The molecule has 1 unspecified atom stereocenters. The van der Waals surface area contributed by atoms with Gasteiger partial charge in [0.2, 0.25) is 5.91 Å². The molecule has 35 heavy (non-hydrogen) atoms. The summed E-state index contributed by atoms with van der Waals surface area (Å²) in [5.74, 6) is -0.670. The zero-order valence-corrected chi connectivity index (χ0v) is 20.2. The molecule has 0 bridgehead atoms. The summed E-state index contributed by atoms with van der Waals surface area (Å²) in [6.07, 6.45) is 3.60. The maximum atomic E-state index is 12.6. The van der Waals surface area contributed by atoms with E-state index in [0.717, 1.165) is 19.3 Å². The number of ether oxygens (including phenoxy) is 1. The number of rotatable bonds is 10. The number of benzene rings is 2. The summed E-state index contributed by atoms with van der Waals surface area (Å²) in [6.45, 7) is 2.23. The molecule has 0 aliphatic heterocycles. The number of hydrogen-bond acceptors (Lipinski definition) is 4. The number of aliphatic carboxylic acids is 1. The first-order chi connectivity index (χ1) is 16.9. The maximum absolute atomic E-state index is 12.6. The zero-order chi connectivity index (χ0) is 24.8. The molecule has 7 nitrogen and oxygen atoms in total. The van der Waals surface area contributed by atoms with Crippen molar-refractivity contribution in [1.82, 2.24) is 10.6 Å². The van der Waals surface area contributed by atoms with Crippen molar-refractivity contribution in [3.05, 3.63) is 59.7 Å². The van der Waals surface area contributed by atoms with Crippen molar-refractivity contribution in [2.75, 3.05) is 6.61 Å². The predicted octanol–water partition coefficient (Wildman–Crippen LogP) is 4.84. The molecule has 0 saturated heterocycles. The molecule has 7 heteroatoms. The fourth-order valence-corrected chi connectivity index (χ4v) is 5.42. The van der Waals surface area contributed by atoms with Crippen molar-refractivity contribution >= 4 is 18.0 Å². The third-order valence-electron chi connectivity index (χ3n) is 7.25. The normalized spacial score (nSPS) is 19.5. The minimum atomic E-state index is -0.851. The van der Waals surface area contributed by atoms with Crippen LogP contribution in [0.1, 0.15) is 68.9 Å². The van der Waals surface area contributed by atoms with Gasteiger partial charge in [0.1, 0.15) is 6.61 Å². The molecule has 2 aliphatic carbocycles. The average molecular weight is 479 g/mol. The molecular weight excluding hydrogens is 444 g/mol. The van der Waals surface area contributed by atoms with Gasteiger partial charge in [0.15, 0.2) is 0 Å². The first-order valence-electron chi connectivity index (χ1n) is 12.6. The van der Waals surface area contributed by atoms with Crippen LogP contribution in [0.25, 0.3) is 11.1 Å². The number of carbonyl (C=O) groups excluding carboxylic acids is 2. The summed E-state index contributed by atoms with van der Waals surface area (Å²) < 4.78 is 5.65. The van der Waals surface area contributed by atoms with Crippen LogP contribution in [-0.2, 0) is 14.3 Å². The Bertz CT molecular complexity index is 1020. The van der Waals surface area contributed by atoms with Crippen LogP contribution in [0.2, 0.25) is 0 Å². The Kier molecular flexibility index (Phi) is 8.06. The van der Waals surface area contributed by atoms with Crippen LogP contribution in [0, 0.1) is 5.92 Å². The van der Waals surface area contributed by atoms with Gasteiger partial charge in [0.05, 0.1) is 0 Å². The van der Waals surface area contributed by atoms with Crippen LogP contribution < -0.4 is 10.6 Å². The highest BCUT2D eigenvalue weighted by Crippen LogP contribution is 2.44. The van der Waals surface area contributed by atoms with Gasteiger partial charge in [-0.05, 0) is 60.3 Å². The lowest BCUT2D eigenvalue weighted by Crippen LogP contribution is -2.36. The molecule has 0 aromatic heterocycles. The van der Waals surface area contributed by atoms with Crippen LogP contribution in [0.15, 0.2) is 48.5 Å². The fourth-order valence-electron chi connectivity index (χ4n) is 5.42. The van der Waals surface area contributed by atoms with E-state index < -0.39 is 12.1 Å². The third-order valence-corrected chi connectivity index (χ3v) is 7.25. The summed E-state index contributed by atoms with van der Waals surface area (Å²) in [5, 5.41) is 14.8. The molecule has 2 aliphatic rings. The van der Waals surface area contributed by atoms with Gasteiger partial charge < -0.3 is 20.5 Å². The lowest BCUT2D eigenvalue weighted by molar-refractivity contribution is -0.137. The van der Waals surface area contributed by atoms with Gasteiger partial charge >= 0.3 is 12.1 Å². The van der Waals surface area contributed by atoms with Gasteiger partial charge in [0, 0.05) is 30.8 Å². The first-order valence-corrected chi connectivity index (χ1v) is 12.6. The molecule has 0 radical (unpaired) electrons. The second kappa shape index (κ2) is 11.4. The molecule has 4 rings (SSSR count). The summed E-state index contributed by atoms with van der Waals surface area (Å²) in [5.41, 5.74) is 4.76. The van der Waals surface area contributed by atoms with Crippen molar-refractivity contribution in [2.24, 2.45) is 5.92 Å². The summed E-state index contributed by atoms with van der Waals surface area (Å²) in [6, 6.07) is 16.4. The van der Waals surface area contributed by atoms with Gasteiger partial charge in [-0.15, -0.1) is 0 Å². The molecule has 186 valence electrons. The van der Waals surface area contributed by atoms with Crippen LogP contribution >= 0.6 is 0 Å². The van der Waals surface area contributed by atoms with E-state index >= 15 is 0 Å². The molecular formula is C28H34N2O5. The van der Waals surface area contributed by atoms with Crippen molar-refractivity contribution < 1.29 is 24.2 Å². The van der Waals surface area contributed by atoms with Gasteiger partial charge in [-0.1, -0.05) is 55.5 Å². The van der Waals surface area contributed by atoms with E-state index in [1.165, 1.54) is 22.3 Å². The number of carbonyl (C=O) groups is 3. The second-order valence-electron chi connectivity index (χ2n) is 9.66. The monoisotopic (exact) mass is 478 g/mol. The number of fused-ring (bicyclic) bond motifs is 3. The lowest BCUT2D eigenvalue weighted by atomic mass is 9.98. The first kappa shape index (κ1) is 24.8. The highest BCUT2D eigenvalue weighted by molar-refractivity contribution is 5.79. The number of hydrogen-bond donors (Lipinski definition) is 3. The highest BCUT2D eigenvalue weighted by atomic mass is 16.5. The Labute approximate surface area is 206 Å². The summed E-state index contributed by atoms with van der Waals surface area (Å²) >= 11 is 0. The maximum Gasteiger partial charge on any atom is 0.407 e. The molecule has 2 amide bonds. The molecule has 1 fully saturated rings. The van der Waals surface area contributed by atoms with E-state index in [-0.39, 0.29) is 42.9 Å². The SMILES string of the molecule is CCC(CCC(=O)O)NC(=O)C[C@H]1CC[C@@H](NC(=O)OCC2c3ccccc3-c3ccccc32)C1. The molecule has 2 aromatic rings. The minimum absolute atomic E-state index is 0.00238. The quantitative estimate of drug-likeness (QED) is 0.453. The number of nitrogens with one attached hydrogen (secondary N) is 2. The van der Waals surface area contributed by atoms with Gasteiger partial charge in [-0.25, -0.2) is 4.79 Å². The molecule has 3 atom stereocenters. The smallest absolute Gasteiger partial charge is 0.407 e. The van der Waals surface area contributed by atoms with Crippen LogP contribution in [0.4, 0.5) is 4.79 Å². The molecule has 2 aromatic carbocycles. The highest BCUT2D eigenvalue weighted by Gasteiger charge is 2.31. The molecule has 3 N–H and O–H groups in total. The topological polar surface area (TPSA) is 105 Å². The average Bonchev–Trinajstić information content (AvgIpc) is 3.42. The summed E-state index contributed by atoms with van der Waals surface area (Å²) in [4.78, 5) is 35.8. The zero-order valence-electron chi connectivity index (χ0n) is 20.2. The number of carboxylic acids is 1. The Hall–Kier alpha value is -3.35. The third kappa shape index (κ3) is 6.21. The van der Waals surface area contributed by atoms with E-state index in [4.69, 9.17) is 9.84 Å². The number of amides is 2. The number of alkyl carbamates (subject to hydrolysis) is 1. The van der Waals surface area contributed by atoms with E-state index in [1.54, 1.807) is 0 Å². The minimum Gasteiger partial charge on any atom is -0.481 e. The Balaban J connectivity index is 1.22. The van der Waals surface area contributed by atoms with Crippen LogP contribution in [0.3, 0.4) is 0 Å². The molecule has 0 heterocycles. The molecule has 1 saturated carbocycles. The van der Waals surface area contributed by atoms with Gasteiger partial charge in [-0.2, -0.15) is 0 Å². The van der Waals surface area contributed by atoms with Crippen molar-refractivity contribution in [2.45, 2.75) is 69.9 Å². The standard InChI is InChI=1S/C28H34N2O5/c1-2-19(13-14-27(32)33)29-26(31)16-18-11-12-20(15-18)30-28(34)35-17-25-23-9-5-3-7-21(23)22-8-4-6-10-24(22)25/h3-10,18-20,25H,2,11-17H2,1H3,(H,29,31)(H,30,34)(H,32,33)/t18-,19?,20+/m0/s1. The van der Waals surface area contributed by atoms with E-state index in [0.29, 0.717) is 19.3 Å². The Morgan fingerprint density at radius 3 is 2.31 bits per heavy atom. The summed E-state index contributed by atoms with van der Waals surface area (Å²) in [7, 11) is 0. The van der Waals surface area contributed by atoms with Crippen molar-refractivity contribution in [3.63, 3.8) is 0 Å². The van der Waals surface area contributed by atoms with Gasteiger partial charge in [-0.3, -0.25) is 9.59 Å². The van der Waals surface area contributed by atoms with E-state index in [2.05, 4.69) is 34.9 Å². The largest absolute Gasteiger partial charge is 0.481 e. The van der Waals surface area contributed by atoms with E-state index in [9.17, 15) is 14.4 Å². The predicted molar refractivity (Wildman–Crippen MR) is 133 cm³/mol. The number of carboxylic acid groups (broad SMARTS) is 1. The molecule has 0 spiro atoms.